The highest BCUT2D eigenvalue weighted by Crippen LogP contribution is 2.47. The Kier molecular flexibility index (Phi) is 7.38. The Morgan fingerprint density at radius 1 is 1.20 bits per heavy atom. The minimum atomic E-state index is -1.18. The van der Waals surface area contributed by atoms with Crippen LogP contribution in [0.15, 0.2) is 11.8 Å². The van der Waals surface area contributed by atoms with E-state index in [1.54, 1.807) is 0 Å². The molecule has 1 aliphatic carbocycles. The molecule has 2 aliphatic rings. The van der Waals surface area contributed by atoms with Gasteiger partial charge in [0.2, 0.25) is 0 Å². The van der Waals surface area contributed by atoms with Gasteiger partial charge in [0.15, 0.2) is 3.79 Å². The quantitative estimate of drug-likeness (QED) is 0.282. The van der Waals surface area contributed by atoms with Gasteiger partial charge in [-0.25, -0.2) is 4.79 Å². The topological polar surface area (TPSA) is 35.5 Å². The van der Waals surface area contributed by atoms with Gasteiger partial charge >= 0.3 is 5.97 Å². The van der Waals surface area contributed by atoms with Crippen LogP contribution in [0.1, 0.15) is 72.1 Å². The van der Waals surface area contributed by atoms with Crippen LogP contribution in [0.2, 0.25) is 0 Å². The van der Waals surface area contributed by atoms with Crippen molar-refractivity contribution in [2.24, 2.45) is 17.8 Å². The first-order chi connectivity index (χ1) is 11.6. The van der Waals surface area contributed by atoms with E-state index in [0.29, 0.717) is 18.3 Å². The summed E-state index contributed by atoms with van der Waals surface area (Å²) in [6.45, 7) is 6.55. The van der Waals surface area contributed by atoms with Crippen LogP contribution in [-0.2, 0) is 14.3 Å². The molecule has 0 amide bonds. The van der Waals surface area contributed by atoms with Crippen LogP contribution in [0.25, 0.3) is 0 Å². The second-order valence-electron chi connectivity index (χ2n) is 7.86. The molecule has 1 heterocycles. The molecule has 2 rings (SSSR count). The van der Waals surface area contributed by atoms with Gasteiger partial charge in [-0.15, -0.1) is 0 Å². The number of unbranched alkanes of at least 4 members (excludes halogenated alkanes) is 2. The molecule has 1 fully saturated rings. The van der Waals surface area contributed by atoms with E-state index in [1.165, 1.54) is 6.08 Å². The molecule has 0 bridgehead atoms. The van der Waals surface area contributed by atoms with E-state index in [2.05, 4.69) is 20.8 Å². The highest BCUT2D eigenvalue weighted by molar-refractivity contribution is 6.67. The van der Waals surface area contributed by atoms with Gasteiger partial charge in [-0.05, 0) is 43.9 Å². The summed E-state index contributed by atoms with van der Waals surface area (Å²) in [5.41, 5.74) is 0. The molecule has 3 atom stereocenters. The van der Waals surface area contributed by atoms with Gasteiger partial charge < -0.3 is 9.47 Å². The van der Waals surface area contributed by atoms with Crippen molar-refractivity contribution in [2.45, 2.75) is 81.7 Å². The smallest absolute Gasteiger partial charge is 0.337 e. The number of esters is 1. The summed E-state index contributed by atoms with van der Waals surface area (Å²) >= 11 is 17.3. The Morgan fingerprint density at radius 3 is 2.56 bits per heavy atom. The fraction of sp³-hybridized carbons (Fsp3) is 0.842. The van der Waals surface area contributed by atoms with Crippen molar-refractivity contribution in [1.82, 2.24) is 0 Å². The second-order valence-corrected chi connectivity index (χ2v) is 10.4. The summed E-state index contributed by atoms with van der Waals surface area (Å²) in [7, 11) is 0. The van der Waals surface area contributed by atoms with Crippen molar-refractivity contribution in [3.63, 3.8) is 0 Å². The maximum Gasteiger partial charge on any atom is 0.337 e. The Morgan fingerprint density at radius 2 is 1.92 bits per heavy atom. The highest BCUT2D eigenvalue weighted by Gasteiger charge is 2.51. The normalized spacial score (nSPS) is 30.2. The Labute approximate surface area is 166 Å². The van der Waals surface area contributed by atoms with Gasteiger partial charge in [0.25, 0.3) is 5.79 Å². The number of halogens is 3. The molecule has 1 aliphatic heterocycles. The molecule has 0 aromatic rings. The third kappa shape index (κ3) is 6.22. The lowest BCUT2D eigenvalue weighted by atomic mass is 9.72. The Hall–Kier alpha value is -0.120. The summed E-state index contributed by atoms with van der Waals surface area (Å²) in [5.74, 6) is 0.813. The summed E-state index contributed by atoms with van der Waals surface area (Å²) in [6.07, 6.45) is 8.38. The number of hydrogen-bond donors (Lipinski definition) is 0. The van der Waals surface area contributed by atoms with Crippen molar-refractivity contribution >= 4 is 40.8 Å². The molecular formula is C19H29Cl3O3. The zero-order valence-corrected chi connectivity index (χ0v) is 17.6. The number of ether oxygens (including phenoxy) is 2. The molecule has 6 heteroatoms. The van der Waals surface area contributed by atoms with E-state index >= 15 is 0 Å². The highest BCUT2D eigenvalue weighted by atomic mass is 35.6. The van der Waals surface area contributed by atoms with Crippen molar-refractivity contribution in [2.75, 3.05) is 0 Å². The molecule has 1 spiro atoms. The number of alkyl halides is 3. The Balaban J connectivity index is 1.95. The largest absolute Gasteiger partial charge is 0.456 e. The fourth-order valence-corrected chi connectivity index (χ4v) is 4.43. The number of allylic oxidation sites excluding steroid dienone is 1. The summed E-state index contributed by atoms with van der Waals surface area (Å²) in [6, 6.07) is 0. The summed E-state index contributed by atoms with van der Waals surface area (Å²) < 4.78 is 10.9. The molecule has 0 N–H and O–H groups in total. The van der Waals surface area contributed by atoms with Crippen molar-refractivity contribution in [1.29, 1.82) is 0 Å². The van der Waals surface area contributed by atoms with Gasteiger partial charge in [0.05, 0.1) is 6.08 Å². The van der Waals surface area contributed by atoms with Crippen LogP contribution < -0.4 is 0 Å². The van der Waals surface area contributed by atoms with Crippen LogP contribution in [0.5, 0.6) is 0 Å². The molecule has 0 saturated heterocycles. The summed E-state index contributed by atoms with van der Waals surface area (Å²) in [4.78, 5) is 12.2. The maximum absolute atomic E-state index is 12.2. The molecule has 3 nitrogen and oxygen atoms in total. The maximum atomic E-state index is 12.2. The lowest BCUT2D eigenvalue weighted by Crippen LogP contribution is -2.52. The van der Waals surface area contributed by atoms with Crippen LogP contribution >= 0.6 is 34.8 Å². The van der Waals surface area contributed by atoms with Gasteiger partial charge in [0.1, 0.15) is 5.76 Å². The molecular weight excluding hydrogens is 383 g/mol. The first-order valence-electron chi connectivity index (χ1n) is 9.30. The fourth-order valence-electron chi connectivity index (χ4n) is 4.03. The molecule has 0 radical (unpaired) electrons. The average molecular weight is 412 g/mol. The van der Waals surface area contributed by atoms with E-state index in [4.69, 9.17) is 44.3 Å². The SMILES string of the molecule is CC(C)[C@@H]1CC[C@@H](C)C[C@]12OC(=O)C=C(CCCCCC(Cl)(Cl)Cl)O2. The van der Waals surface area contributed by atoms with Crippen LogP contribution in [0.4, 0.5) is 0 Å². The van der Waals surface area contributed by atoms with Crippen molar-refractivity contribution in [3.05, 3.63) is 11.8 Å². The average Bonchev–Trinajstić information content (AvgIpc) is 2.44. The first-order valence-corrected chi connectivity index (χ1v) is 10.4. The zero-order valence-electron chi connectivity index (χ0n) is 15.3. The summed E-state index contributed by atoms with van der Waals surface area (Å²) in [5, 5.41) is 0. The molecule has 25 heavy (non-hydrogen) atoms. The number of hydrogen-bond acceptors (Lipinski definition) is 3. The monoisotopic (exact) mass is 410 g/mol. The molecule has 0 unspecified atom stereocenters. The Bertz CT molecular complexity index is 499. The predicted octanol–water partition coefficient (Wildman–Crippen LogP) is 6.55. The van der Waals surface area contributed by atoms with E-state index in [9.17, 15) is 4.79 Å². The minimum absolute atomic E-state index is 0.237. The van der Waals surface area contributed by atoms with E-state index in [-0.39, 0.29) is 11.9 Å². The van der Waals surface area contributed by atoms with Crippen molar-refractivity contribution in [3.8, 4) is 0 Å². The van der Waals surface area contributed by atoms with Gasteiger partial charge in [-0.1, -0.05) is 62.0 Å². The van der Waals surface area contributed by atoms with E-state index < -0.39 is 9.58 Å². The molecule has 144 valence electrons. The van der Waals surface area contributed by atoms with E-state index in [0.717, 1.165) is 50.7 Å². The van der Waals surface area contributed by atoms with Crippen molar-refractivity contribution < 1.29 is 14.3 Å². The second kappa shape index (κ2) is 8.71. The van der Waals surface area contributed by atoms with Crippen LogP contribution in [0, 0.1) is 17.8 Å². The lowest BCUT2D eigenvalue weighted by molar-refractivity contribution is -0.269. The third-order valence-electron chi connectivity index (χ3n) is 5.21. The minimum Gasteiger partial charge on any atom is -0.456 e. The standard InChI is InChI=1S/C19H29Cl3O3/c1-13(2)16-9-8-14(3)12-18(16)24-15(11-17(23)25-18)7-5-4-6-10-19(20,21)22/h11,13-14,16H,4-10,12H2,1-3H3/t14-,16+,18+/m1/s1. The number of carbonyl (C=O) groups is 1. The van der Waals surface area contributed by atoms with E-state index in [1.807, 2.05) is 0 Å². The molecule has 0 aromatic carbocycles. The first kappa shape index (κ1) is 21.2. The third-order valence-corrected chi connectivity index (χ3v) is 5.78. The molecule has 0 aromatic heterocycles. The lowest BCUT2D eigenvalue weighted by Gasteiger charge is -2.48. The predicted molar refractivity (Wildman–Crippen MR) is 103 cm³/mol. The molecule has 1 saturated carbocycles. The van der Waals surface area contributed by atoms with Gasteiger partial charge in [-0.2, -0.15) is 0 Å². The van der Waals surface area contributed by atoms with Gasteiger partial charge in [0, 0.05) is 18.8 Å². The van der Waals surface area contributed by atoms with Crippen LogP contribution in [-0.4, -0.2) is 15.5 Å². The number of rotatable bonds is 6. The zero-order chi connectivity index (χ0) is 18.7. The number of carbonyl (C=O) groups excluding carboxylic acids is 1. The van der Waals surface area contributed by atoms with Gasteiger partial charge in [-0.3, -0.25) is 0 Å². The van der Waals surface area contributed by atoms with Crippen LogP contribution in [0.3, 0.4) is 0 Å².